The molecule has 4 aromatic rings. The van der Waals surface area contributed by atoms with Crippen LogP contribution in [-0.4, -0.2) is 30.5 Å². The molecule has 0 spiro atoms. The van der Waals surface area contributed by atoms with Crippen molar-refractivity contribution in [2.24, 2.45) is 7.05 Å². The number of anilines is 1. The molecule has 1 aromatic carbocycles. The van der Waals surface area contributed by atoms with Gasteiger partial charge in [-0.25, -0.2) is 4.98 Å². The van der Waals surface area contributed by atoms with Crippen LogP contribution in [0.3, 0.4) is 0 Å². The molecule has 132 valence electrons. The minimum atomic E-state index is -0.263. The van der Waals surface area contributed by atoms with Gasteiger partial charge in [0, 0.05) is 19.3 Å². The average Bonchev–Trinajstić information content (AvgIpc) is 3.29. The van der Waals surface area contributed by atoms with Crippen molar-refractivity contribution in [3.05, 3.63) is 52.4 Å². The van der Waals surface area contributed by atoms with Crippen LogP contribution >= 0.6 is 22.9 Å². The summed E-state index contributed by atoms with van der Waals surface area (Å²) in [6.45, 7) is 3.85. The maximum Gasteiger partial charge on any atom is 0.275 e. The van der Waals surface area contributed by atoms with E-state index in [2.05, 4.69) is 20.5 Å². The molecule has 3 heterocycles. The van der Waals surface area contributed by atoms with Crippen LogP contribution in [0.1, 0.15) is 21.7 Å². The predicted octanol–water partition coefficient (Wildman–Crippen LogP) is 3.74. The maximum absolute atomic E-state index is 12.5. The Morgan fingerprint density at radius 1 is 1.27 bits per heavy atom. The van der Waals surface area contributed by atoms with Gasteiger partial charge in [0.05, 0.1) is 20.9 Å². The molecule has 0 aliphatic rings. The van der Waals surface area contributed by atoms with Crippen LogP contribution in [0, 0.1) is 13.8 Å². The summed E-state index contributed by atoms with van der Waals surface area (Å²) >= 11 is 7.74. The van der Waals surface area contributed by atoms with Gasteiger partial charge in [-0.05, 0) is 31.5 Å². The third-order valence-electron chi connectivity index (χ3n) is 3.99. The molecule has 0 radical (unpaired) electrons. The van der Waals surface area contributed by atoms with Gasteiger partial charge in [-0.3, -0.25) is 9.48 Å². The van der Waals surface area contributed by atoms with Gasteiger partial charge in [0.1, 0.15) is 11.5 Å². The lowest BCUT2D eigenvalue weighted by Gasteiger charge is -2.06. The lowest BCUT2D eigenvalue weighted by Crippen LogP contribution is -2.18. The summed E-state index contributed by atoms with van der Waals surface area (Å²) in [7, 11) is 1.72. The van der Waals surface area contributed by atoms with E-state index >= 15 is 0 Å². The molecule has 0 saturated heterocycles. The first-order chi connectivity index (χ1) is 12.4. The van der Waals surface area contributed by atoms with Gasteiger partial charge in [0.15, 0.2) is 0 Å². The van der Waals surface area contributed by atoms with Crippen molar-refractivity contribution < 1.29 is 4.79 Å². The molecule has 1 N–H and O–H groups in total. The van der Waals surface area contributed by atoms with Crippen molar-refractivity contribution in [2.45, 2.75) is 13.8 Å². The molecule has 0 aliphatic heterocycles. The standard InChI is InChI=1S/C17H15ClN6OS/c1-9-4-5-11(18)15-14(9)21-17(26-15)24-13(8-10(2)22-24)20-16(25)12-6-7-19-23(12)3/h4-8H,1-3H3,(H,20,25). The Balaban J connectivity index is 1.77. The van der Waals surface area contributed by atoms with E-state index in [0.29, 0.717) is 21.7 Å². The molecule has 0 aliphatic carbocycles. The van der Waals surface area contributed by atoms with Crippen LogP contribution in [0.25, 0.3) is 15.3 Å². The van der Waals surface area contributed by atoms with Gasteiger partial charge < -0.3 is 5.32 Å². The molecule has 26 heavy (non-hydrogen) atoms. The van der Waals surface area contributed by atoms with E-state index in [-0.39, 0.29) is 5.91 Å². The van der Waals surface area contributed by atoms with Crippen LogP contribution in [0.15, 0.2) is 30.5 Å². The van der Waals surface area contributed by atoms with E-state index in [0.717, 1.165) is 21.5 Å². The second-order valence-electron chi connectivity index (χ2n) is 5.92. The third-order valence-corrected chi connectivity index (χ3v) is 5.49. The minimum Gasteiger partial charge on any atom is -0.305 e. The summed E-state index contributed by atoms with van der Waals surface area (Å²) in [6.07, 6.45) is 1.58. The molecule has 0 atom stereocenters. The summed E-state index contributed by atoms with van der Waals surface area (Å²) < 4.78 is 4.05. The Bertz CT molecular complexity index is 1100. The smallest absolute Gasteiger partial charge is 0.275 e. The van der Waals surface area contributed by atoms with Gasteiger partial charge in [-0.2, -0.15) is 14.9 Å². The summed E-state index contributed by atoms with van der Waals surface area (Å²) in [5.41, 5.74) is 3.11. The summed E-state index contributed by atoms with van der Waals surface area (Å²) in [4.78, 5) is 17.2. The number of fused-ring (bicyclic) bond motifs is 1. The van der Waals surface area contributed by atoms with Crippen molar-refractivity contribution in [1.29, 1.82) is 0 Å². The number of halogens is 1. The first-order valence-electron chi connectivity index (χ1n) is 7.86. The van der Waals surface area contributed by atoms with Crippen molar-refractivity contribution in [3.8, 4) is 5.13 Å². The van der Waals surface area contributed by atoms with Crippen LogP contribution in [0.4, 0.5) is 5.82 Å². The van der Waals surface area contributed by atoms with Crippen LogP contribution in [0.2, 0.25) is 5.02 Å². The fourth-order valence-corrected chi connectivity index (χ4v) is 3.97. The maximum atomic E-state index is 12.5. The van der Waals surface area contributed by atoms with Crippen molar-refractivity contribution in [2.75, 3.05) is 5.32 Å². The molecule has 1 amide bonds. The average molecular weight is 387 g/mol. The molecule has 0 bridgehead atoms. The highest BCUT2D eigenvalue weighted by Gasteiger charge is 2.18. The van der Waals surface area contributed by atoms with Crippen molar-refractivity contribution in [3.63, 3.8) is 0 Å². The van der Waals surface area contributed by atoms with Gasteiger partial charge in [-0.1, -0.05) is 29.0 Å². The fourth-order valence-electron chi connectivity index (χ4n) is 2.69. The quantitative estimate of drug-likeness (QED) is 0.581. The number of nitrogens with one attached hydrogen (secondary N) is 1. The SMILES string of the molecule is Cc1cc(NC(=O)c2ccnn2C)n(-c2nc3c(C)ccc(Cl)c3s2)n1. The van der Waals surface area contributed by atoms with E-state index in [4.69, 9.17) is 11.6 Å². The lowest BCUT2D eigenvalue weighted by molar-refractivity contribution is 0.101. The van der Waals surface area contributed by atoms with Gasteiger partial charge in [0.2, 0.25) is 5.13 Å². The van der Waals surface area contributed by atoms with Crippen molar-refractivity contribution in [1.82, 2.24) is 24.5 Å². The first kappa shape index (κ1) is 16.7. The molecular weight excluding hydrogens is 372 g/mol. The molecule has 0 saturated carbocycles. The number of benzene rings is 1. The molecular formula is C17H15ClN6OS. The Morgan fingerprint density at radius 2 is 2.08 bits per heavy atom. The van der Waals surface area contributed by atoms with Crippen molar-refractivity contribution >= 4 is 44.9 Å². The summed E-state index contributed by atoms with van der Waals surface area (Å²) in [5.74, 6) is 0.281. The number of hydrogen-bond acceptors (Lipinski definition) is 5. The lowest BCUT2D eigenvalue weighted by atomic mass is 10.2. The number of nitrogens with zero attached hydrogens (tertiary/aromatic N) is 5. The Kier molecular flexibility index (Phi) is 4.01. The number of amides is 1. The second-order valence-corrected chi connectivity index (χ2v) is 7.30. The van der Waals surface area contributed by atoms with Crippen LogP contribution < -0.4 is 5.32 Å². The van der Waals surface area contributed by atoms with Crippen LogP contribution in [0.5, 0.6) is 0 Å². The molecule has 9 heteroatoms. The predicted molar refractivity (Wildman–Crippen MR) is 102 cm³/mol. The molecule has 7 nitrogen and oxygen atoms in total. The highest BCUT2D eigenvalue weighted by Crippen LogP contribution is 2.34. The number of thiazole rings is 1. The molecule has 0 fully saturated rings. The summed E-state index contributed by atoms with van der Waals surface area (Å²) in [6, 6.07) is 7.26. The number of carbonyl (C=O) groups is 1. The van der Waals surface area contributed by atoms with E-state index in [1.54, 1.807) is 30.1 Å². The number of aromatic nitrogens is 5. The zero-order chi connectivity index (χ0) is 18.4. The van der Waals surface area contributed by atoms with Gasteiger partial charge >= 0.3 is 0 Å². The molecule has 0 unspecified atom stereocenters. The van der Waals surface area contributed by atoms with Gasteiger partial charge in [0.25, 0.3) is 5.91 Å². The van der Waals surface area contributed by atoms with E-state index < -0.39 is 0 Å². The normalized spacial score (nSPS) is 11.2. The highest BCUT2D eigenvalue weighted by atomic mass is 35.5. The first-order valence-corrected chi connectivity index (χ1v) is 9.05. The largest absolute Gasteiger partial charge is 0.305 e. The molecule has 3 aromatic heterocycles. The Labute approximate surface area is 158 Å². The minimum absolute atomic E-state index is 0.263. The third kappa shape index (κ3) is 2.77. The zero-order valence-corrected chi connectivity index (χ0v) is 15.9. The second kappa shape index (κ2) is 6.22. The molecule has 4 rings (SSSR count). The summed E-state index contributed by atoms with van der Waals surface area (Å²) in [5, 5.41) is 12.7. The fraction of sp³-hybridized carbons (Fsp3) is 0.176. The number of aryl methyl sites for hydroxylation is 3. The van der Waals surface area contributed by atoms with E-state index in [9.17, 15) is 4.79 Å². The monoisotopic (exact) mass is 386 g/mol. The van der Waals surface area contributed by atoms with Crippen LogP contribution in [-0.2, 0) is 7.05 Å². The zero-order valence-electron chi connectivity index (χ0n) is 14.3. The Hall–Kier alpha value is -2.71. The number of rotatable bonds is 3. The number of carbonyl (C=O) groups excluding carboxylic acids is 1. The highest BCUT2D eigenvalue weighted by molar-refractivity contribution is 7.21. The Morgan fingerprint density at radius 3 is 2.77 bits per heavy atom. The van der Waals surface area contributed by atoms with Gasteiger partial charge in [-0.15, -0.1) is 0 Å². The van der Waals surface area contributed by atoms with E-state index in [1.807, 2.05) is 26.0 Å². The topological polar surface area (TPSA) is 77.6 Å². The van der Waals surface area contributed by atoms with E-state index in [1.165, 1.54) is 16.0 Å². The number of hydrogen-bond donors (Lipinski definition) is 1.